The Hall–Kier alpha value is -1.62. The summed E-state index contributed by atoms with van der Waals surface area (Å²) in [5, 5.41) is 20.9. The number of hydrogen-bond donors (Lipinski definition) is 1. The zero-order valence-electron chi connectivity index (χ0n) is 16.9. The van der Waals surface area contributed by atoms with Gasteiger partial charge in [0.05, 0.1) is 31.1 Å². The average molecular weight is 366 g/mol. The molecule has 0 spiro atoms. The van der Waals surface area contributed by atoms with Gasteiger partial charge in [-0.25, -0.2) is 0 Å². The van der Waals surface area contributed by atoms with Crippen LogP contribution in [0, 0.1) is 10.1 Å². The molecule has 0 amide bonds. The number of rotatable bonds is 14. The van der Waals surface area contributed by atoms with E-state index in [2.05, 4.69) is 21.0 Å². The van der Waals surface area contributed by atoms with E-state index in [1.165, 1.54) is 76.0 Å². The molecule has 1 rings (SSSR count). The first-order chi connectivity index (χ1) is 12.4. The first kappa shape index (κ1) is 22.4. The van der Waals surface area contributed by atoms with Crippen LogP contribution in [-0.4, -0.2) is 35.2 Å². The lowest BCUT2D eigenvalue weighted by Gasteiger charge is -2.30. The molecule has 0 saturated heterocycles. The third-order valence-electron chi connectivity index (χ3n) is 4.99. The Kier molecular flexibility index (Phi) is 10.3. The molecule has 1 N–H and O–H groups in total. The number of benzene rings is 1. The van der Waals surface area contributed by atoms with Gasteiger partial charge in [-0.05, 0) is 18.9 Å². The average Bonchev–Trinajstić information content (AvgIpc) is 2.58. The minimum atomic E-state index is -0.412. The van der Waals surface area contributed by atoms with E-state index >= 15 is 0 Å². The van der Waals surface area contributed by atoms with E-state index < -0.39 is 4.92 Å². The molecule has 0 aromatic heterocycles. The second-order valence-corrected chi connectivity index (χ2v) is 8.07. The number of unbranched alkanes of at least 4 members (excludes halogenated alkanes) is 9. The van der Waals surface area contributed by atoms with E-state index in [1.807, 2.05) is 0 Å². The quantitative estimate of drug-likeness (QED) is 0.196. The van der Waals surface area contributed by atoms with E-state index in [0.717, 1.165) is 17.4 Å². The van der Waals surface area contributed by atoms with Crippen LogP contribution in [0.2, 0.25) is 0 Å². The van der Waals surface area contributed by atoms with E-state index in [4.69, 9.17) is 0 Å². The summed E-state index contributed by atoms with van der Waals surface area (Å²) in [4.78, 5) is 10.5. The fourth-order valence-electron chi connectivity index (χ4n) is 3.38. The first-order valence-electron chi connectivity index (χ1n) is 10.1. The van der Waals surface area contributed by atoms with Crippen molar-refractivity contribution in [3.8, 4) is 5.75 Å². The zero-order valence-corrected chi connectivity index (χ0v) is 16.9. The molecule has 0 fully saturated rings. The highest BCUT2D eigenvalue weighted by atomic mass is 16.6. The first-order valence-corrected chi connectivity index (χ1v) is 10.1. The predicted octanol–water partition coefficient (Wildman–Crippen LogP) is 5.80. The summed E-state index contributed by atoms with van der Waals surface area (Å²) in [6.45, 7) is 3.87. The molecule has 5 nitrogen and oxygen atoms in total. The minimum Gasteiger partial charge on any atom is -0.507 e. The van der Waals surface area contributed by atoms with Crippen LogP contribution in [0.5, 0.6) is 5.75 Å². The number of nitrogens with zero attached hydrogens (tertiary/aromatic N) is 2. The lowest BCUT2D eigenvalue weighted by Crippen LogP contribution is -2.39. The number of nitro benzene ring substituents is 1. The van der Waals surface area contributed by atoms with Crippen LogP contribution in [-0.2, 0) is 6.54 Å². The maximum Gasteiger partial charge on any atom is 0.270 e. The Labute approximate surface area is 158 Å². The predicted molar refractivity (Wildman–Crippen MR) is 107 cm³/mol. The molecule has 0 radical (unpaired) electrons. The molecular formula is C21H37N2O3+. The van der Waals surface area contributed by atoms with Gasteiger partial charge in [-0.3, -0.25) is 10.1 Å². The Balaban J connectivity index is 2.26. The van der Waals surface area contributed by atoms with E-state index in [-0.39, 0.29) is 11.4 Å². The van der Waals surface area contributed by atoms with Crippen molar-refractivity contribution >= 4 is 5.69 Å². The molecule has 0 aliphatic carbocycles. The number of hydrogen-bond acceptors (Lipinski definition) is 3. The van der Waals surface area contributed by atoms with Crippen LogP contribution in [0.1, 0.15) is 76.7 Å². The van der Waals surface area contributed by atoms with Crippen LogP contribution < -0.4 is 0 Å². The second kappa shape index (κ2) is 11.9. The number of non-ortho nitro benzene ring substituents is 1. The molecule has 0 saturated carbocycles. The van der Waals surface area contributed by atoms with Crippen molar-refractivity contribution in [3.05, 3.63) is 33.9 Å². The molecule has 148 valence electrons. The third-order valence-corrected chi connectivity index (χ3v) is 4.99. The molecule has 1 aromatic carbocycles. The lowest BCUT2D eigenvalue weighted by molar-refractivity contribution is -0.903. The van der Waals surface area contributed by atoms with Crippen LogP contribution in [0.15, 0.2) is 18.2 Å². The summed E-state index contributed by atoms with van der Waals surface area (Å²) in [6.07, 6.45) is 13.2. The smallest absolute Gasteiger partial charge is 0.270 e. The molecule has 1 aromatic rings. The molecule has 0 aliphatic heterocycles. The molecule has 0 bridgehead atoms. The van der Waals surface area contributed by atoms with Crippen molar-refractivity contribution in [2.45, 2.75) is 77.7 Å². The monoisotopic (exact) mass is 365 g/mol. The standard InChI is InChI=1S/C21H36N2O3/c1-4-5-6-7-8-9-10-11-12-13-16-23(2,3)18-19-17-20(22(25)26)14-15-21(19)24/h14-15,17H,4-13,16,18H2,1-3H3/p+1. The van der Waals surface area contributed by atoms with E-state index in [0.29, 0.717) is 12.1 Å². The lowest BCUT2D eigenvalue weighted by atomic mass is 10.1. The van der Waals surface area contributed by atoms with E-state index in [1.54, 1.807) is 0 Å². The molecule has 0 aliphatic rings. The number of quaternary nitrogens is 1. The van der Waals surface area contributed by atoms with Crippen molar-refractivity contribution in [3.63, 3.8) is 0 Å². The number of phenols is 1. The fraction of sp³-hybridized carbons (Fsp3) is 0.714. The topological polar surface area (TPSA) is 63.4 Å². The third kappa shape index (κ3) is 9.18. The maximum absolute atomic E-state index is 10.9. The van der Waals surface area contributed by atoms with Crippen molar-refractivity contribution < 1.29 is 14.5 Å². The zero-order chi connectivity index (χ0) is 19.4. The van der Waals surface area contributed by atoms with Gasteiger partial charge in [0.2, 0.25) is 0 Å². The minimum absolute atomic E-state index is 0.0386. The molecule has 5 heteroatoms. The highest BCUT2D eigenvalue weighted by Crippen LogP contribution is 2.25. The maximum atomic E-state index is 10.9. The number of nitro groups is 1. The van der Waals surface area contributed by atoms with Crippen LogP contribution in [0.3, 0.4) is 0 Å². The molecular weight excluding hydrogens is 328 g/mol. The Morgan fingerprint density at radius 3 is 2.04 bits per heavy atom. The highest BCUT2D eigenvalue weighted by Gasteiger charge is 2.20. The van der Waals surface area contributed by atoms with Gasteiger partial charge in [0, 0.05) is 12.1 Å². The van der Waals surface area contributed by atoms with Crippen molar-refractivity contribution in [2.24, 2.45) is 0 Å². The SMILES string of the molecule is CCCCCCCCCCCC[N+](C)(C)Cc1cc([N+](=O)[O-])ccc1O. The normalized spacial score (nSPS) is 11.7. The van der Waals surface area contributed by atoms with Crippen molar-refractivity contribution in [1.29, 1.82) is 0 Å². The molecule has 26 heavy (non-hydrogen) atoms. The van der Waals surface area contributed by atoms with Gasteiger partial charge in [0.15, 0.2) is 0 Å². The summed E-state index contributed by atoms with van der Waals surface area (Å²) in [5.74, 6) is 0.143. The largest absolute Gasteiger partial charge is 0.507 e. The number of phenolic OH excluding ortho intramolecular Hbond substituents is 1. The van der Waals surface area contributed by atoms with Crippen molar-refractivity contribution in [1.82, 2.24) is 0 Å². The number of aromatic hydroxyl groups is 1. The second-order valence-electron chi connectivity index (χ2n) is 8.07. The van der Waals surface area contributed by atoms with Gasteiger partial charge < -0.3 is 9.59 Å². The van der Waals surface area contributed by atoms with Crippen molar-refractivity contribution in [2.75, 3.05) is 20.6 Å². The van der Waals surface area contributed by atoms with Gasteiger partial charge in [0.25, 0.3) is 5.69 Å². The van der Waals surface area contributed by atoms with Gasteiger partial charge >= 0.3 is 0 Å². The van der Waals surface area contributed by atoms with Gasteiger partial charge in [-0.1, -0.05) is 58.3 Å². The van der Waals surface area contributed by atoms with Gasteiger partial charge in [-0.2, -0.15) is 0 Å². The molecule has 0 heterocycles. The van der Waals surface area contributed by atoms with Gasteiger partial charge in [0.1, 0.15) is 12.3 Å². The summed E-state index contributed by atoms with van der Waals surface area (Å²) in [5.41, 5.74) is 0.688. The Bertz CT molecular complexity index is 544. The van der Waals surface area contributed by atoms with Gasteiger partial charge in [-0.15, -0.1) is 0 Å². The summed E-state index contributed by atoms with van der Waals surface area (Å²) in [7, 11) is 4.23. The van der Waals surface area contributed by atoms with Crippen LogP contribution in [0.4, 0.5) is 5.69 Å². The molecule has 0 atom stereocenters. The summed E-state index contributed by atoms with van der Waals surface area (Å²) >= 11 is 0. The highest BCUT2D eigenvalue weighted by molar-refractivity contribution is 5.42. The Morgan fingerprint density at radius 1 is 0.962 bits per heavy atom. The summed E-state index contributed by atoms with van der Waals surface area (Å²) < 4.78 is 0.728. The van der Waals surface area contributed by atoms with E-state index in [9.17, 15) is 15.2 Å². The Morgan fingerprint density at radius 2 is 1.50 bits per heavy atom. The fourth-order valence-corrected chi connectivity index (χ4v) is 3.38. The van der Waals surface area contributed by atoms with Crippen LogP contribution >= 0.6 is 0 Å². The molecule has 0 unspecified atom stereocenters. The summed E-state index contributed by atoms with van der Waals surface area (Å²) in [6, 6.07) is 4.27. The van der Waals surface area contributed by atoms with Crippen LogP contribution in [0.25, 0.3) is 0 Å².